The maximum Gasteiger partial charge on any atom is 0.389 e. The summed E-state index contributed by atoms with van der Waals surface area (Å²) < 4.78 is 42.8. The van der Waals surface area contributed by atoms with E-state index in [2.05, 4.69) is 5.32 Å². The van der Waals surface area contributed by atoms with E-state index >= 15 is 0 Å². The molecular formula is C15H21F3N2O2. The van der Waals surface area contributed by atoms with Crippen LogP contribution in [0.5, 0.6) is 11.5 Å². The minimum absolute atomic E-state index is 0.0186. The van der Waals surface area contributed by atoms with Crippen LogP contribution in [0.15, 0.2) is 18.2 Å². The first-order valence-electron chi connectivity index (χ1n) is 7.29. The molecule has 1 saturated heterocycles. The number of hydrogen-bond donors (Lipinski definition) is 2. The van der Waals surface area contributed by atoms with Gasteiger partial charge in [-0.1, -0.05) is 6.07 Å². The third-order valence-electron chi connectivity index (χ3n) is 3.88. The molecule has 0 radical (unpaired) electrons. The van der Waals surface area contributed by atoms with E-state index in [-0.39, 0.29) is 18.2 Å². The Balaban J connectivity index is 2.20. The van der Waals surface area contributed by atoms with Gasteiger partial charge in [0.25, 0.3) is 0 Å². The molecule has 0 unspecified atom stereocenters. The zero-order valence-electron chi connectivity index (χ0n) is 12.5. The molecule has 2 N–H and O–H groups in total. The summed E-state index contributed by atoms with van der Waals surface area (Å²) in [7, 11) is 1.44. The van der Waals surface area contributed by atoms with E-state index in [9.17, 15) is 18.3 Å². The maximum absolute atomic E-state index is 12.6. The lowest BCUT2D eigenvalue weighted by molar-refractivity contribution is -0.138. The zero-order chi connectivity index (χ0) is 16.2. The molecule has 1 atom stereocenters. The van der Waals surface area contributed by atoms with Crippen LogP contribution in [0.1, 0.15) is 24.4 Å². The smallest absolute Gasteiger partial charge is 0.389 e. The van der Waals surface area contributed by atoms with Gasteiger partial charge in [-0.05, 0) is 24.1 Å². The molecule has 1 aliphatic rings. The van der Waals surface area contributed by atoms with Gasteiger partial charge in [-0.3, -0.25) is 4.90 Å². The van der Waals surface area contributed by atoms with Crippen LogP contribution >= 0.6 is 0 Å². The van der Waals surface area contributed by atoms with Crippen LogP contribution in [0.3, 0.4) is 0 Å². The van der Waals surface area contributed by atoms with Gasteiger partial charge in [0.2, 0.25) is 0 Å². The average Bonchev–Trinajstić information content (AvgIpc) is 2.47. The number of hydrogen-bond acceptors (Lipinski definition) is 4. The number of benzene rings is 1. The van der Waals surface area contributed by atoms with Crippen molar-refractivity contribution in [2.75, 3.05) is 33.3 Å². The third kappa shape index (κ3) is 4.51. The van der Waals surface area contributed by atoms with Crippen LogP contribution in [0.4, 0.5) is 13.2 Å². The molecule has 0 aromatic heterocycles. The molecule has 1 aromatic carbocycles. The van der Waals surface area contributed by atoms with Crippen LogP contribution in [0.25, 0.3) is 0 Å². The van der Waals surface area contributed by atoms with E-state index in [0.29, 0.717) is 24.4 Å². The van der Waals surface area contributed by atoms with Crippen molar-refractivity contribution in [1.29, 1.82) is 0 Å². The highest BCUT2D eigenvalue weighted by molar-refractivity contribution is 5.42. The van der Waals surface area contributed by atoms with Crippen molar-refractivity contribution in [1.82, 2.24) is 10.2 Å². The van der Waals surface area contributed by atoms with Gasteiger partial charge in [-0.25, -0.2) is 0 Å². The SMILES string of the molecule is COc1ccc([C@H](CCC(F)(F)F)N2CCNCC2)cc1O. The summed E-state index contributed by atoms with van der Waals surface area (Å²) in [5, 5.41) is 13.1. The van der Waals surface area contributed by atoms with Crippen LogP contribution in [-0.4, -0.2) is 49.5 Å². The van der Waals surface area contributed by atoms with Crippen molar-refractivity contribution in [3.05, 3.63) is 23.8 Å². The Labute approximate surface area is 127 Å². The van der Waals surface area contributed by atoms with Gasteiger partial charge in [0, 0.05) is 38.6 Å². The maximum atomic E-state index is 12.6. The van der Waals surface area contributed by atoms with Crippen molar-refractivity contribution in [2.45, 2.75) is 25.1 Å². The van der Waals surface area contributed by atoms with Crippen molar-refractivity contribution < 1.29 is 23.0 Å². The predicted octanol–water partition coefficient (Wildman–Crippen LogP) is 2.69. The number of rotatable bonds is 5. The van der Waals surface area contributed by atoms with Gasteiger partial charge in [0.15, 0.2) is 11.5 Å². The number of aromatic hydroxyl groups is 1. The van der Waals surface area contributed by atoms with E-state index in [0.717, 1.165) is 13.1 Å². The molecule has 1 heterocycles. The summed E-state index contributed by atoms with van der Waals surface area (Å²) in [6, 6.07) is 4.46. The first-order valence-corrected chi connectivity index (χ1v) is 7.29. The molecule has 0 spiro atoms. The quantitative estimate of drug-likeness (QED) is 0.876. The summed E-state index contributed by atoms with van der Waals surface area (Å²) >= 11 is 0. The first-order chi connectivity index (χ1) is 10.4. The van der Waals surface area contributed by atoms with Gasteiger partial charge in [0.1, 0.15) is 0 Å². The summed E-state index contributed by atoms with van der Waals surface area (Å²) in [5.74, 6) is 0.269. The van der Waals surface area contributed by atoms with Crippen molar-refractivity contribution in [3.63, 3.8) is 0 Å². The lowest BCUT2D eigenvalue weighted by Gasteiger charge is -2.35. The Morgan fingerprint density at radius 1 is 1.32 bits per heavy atom. The Kier molecular flexibility index (Phi) is 5.52. The van der Waals surface area contributed by atoms with Crippen molar-refractivity contribution in [2.24, 2.45) is 0 Å². The van der Waals surface area contributed by atoms with Gasteiger partial charge >= 0.3 is 6.18 Å². The Morgan fingerprint density at radius 3 is 2.55 bits per heavy atom. The fourth-order valence-corrected chi connectivity index (χ4v) is 2.77. The Morgan fingerprint density at radius 2 is 2.00 bits per heavy atom. The van der Waals surface area contributed by atoms with Gasteiger partial charge in [0.05, 0.1) is 7.11 Å². The molecule has 7 heteroatoms. The third-order valence-corrected chi connectivity index (χ3v) is 3.88. The molecule has 22 heavy (non-hydrogen) atoms. The Bertz CT molecular complexity index is 488. The number of nitrogens with zero attached hydrogens (tertiary/aromatic N) is 1. The number of halogens is 3. The summed E-state index contributed by atoms with van der Waals surface area (Å²) in [6.45, 7) is 2.89. The number of methoxy groups -OCH3 is 1. The second kappa shape index (κ2) is 7.19. The van der Waals surface area contributed by atoms with E-state index in [4.69, 9.17) is 4.74 Å². The van der Waals surface area contributed by atoms with Crippen LogP contribution in [0, 0.1) is 0 Å². The predicted molar refractivity (Wildman–Crippen MR) is 77.1 cm³/mol. The highest BCUT2D eigenvalue weighted by atomic mass is 19.4. The lowest BCUT2D eigenvalue weighted by atomic mass is 9.98. The van der Waals surface area contributed by atoms with Gasteiger partial charge in [-0.15, -0.1) is 0 Å². The number of ether oxygens (including phenoxy) is 1. The lowest BCUT2D eigenvalue weighted by Crippen LogP contribution is -2.45. The number of alkyl halides is 3. The molecule has 1 aliphatic heterocycles. The molecule has 1 fully saturated rings. The zero-order valence-corrected chi connectivity index (χ0v) is 12.5. The molecular weight excluding hydrogens is 297 g/mol. The Hall–Kier alpha value is -1.47. The minimum atomic E-state index is -4.18. The normalized spacial score (nSPS) is 18.2. The van der Waals surface area contributed by atoms with E-state index in [1.165, 1.54) is 13.2 Å². The number of phenols is 1. The van der Waals surface area contributed by atoms with Crippen molar-refractivity contribution >= 4 is 0 Å². The second-order valence-corrected chi connectivity index (χ2v) is 5.39. The molecule has 0 bridgehead atoms. The summed E-state index contributed by atoms with van der Waals surface area (Å²) in [6.07, 6.45) is -5.04. The van der Waals surface area contributed by atoms with Crippen LogP contribution in [0.2, 0.25) is 0 Å². The topological polar surface area (TPSA) is 44.7 Å². The molecule has 1 aromatic rings. The van der Waals surface area contributed by atoms with Crippen LogP contribution in [-0.2, 0) is 0 Å². The molecule has 0 aliphatic carbocycles. The van der Waals surface area contributed by atoms with E-state index in [1.807, 2.05) is 4.90 Å². The number of nitrogens with one attached hydrogen (secondary N) is 1. The fraction of sp³-hybridized carbons (Fsp3) is 0.600. The first kappa shape index (κ1) is 16.9. The number of phenolic OH excluding ortho intramolecular Hbond substituents is 1. The van der Waals surface area contributed by atoms with Gasteiger partial charge in [-0.2, -0.15) is 13.2 Å². The summed E-state index contributed by atoms with van der Waals surface area (Å²) in [4.78, 5) is 2.03. The van der Waals surface area contributed by atoms with E-state index < -0.39 is 12.6 Å². The molecule has 4 nitrogen and oxygen atoms in total. The standard InChI is InChI=1S/C15H21F3N2O2/c1-22-14-3-2-11(10-13(14)21)12(4-5-15(16,17)18)20-8-6-19-7-9-20/h2-3,10,12,19,21H,4-9H2,1H3/t12-/m0/s1. The van der Waals surface area contributed by atoms with Crippen molar-refractivity contribution in [3.8, 4) is 11.5 Å². The fourth-order valence-electron chi connectivity index (χ4n) is 2.77. The largest absolute Gasteiger partial charge is 0.504 e. The monoisotopic (exact) mass is 318 g/mol. The highest BCUT2D eigenvalue weighted by Gasteiger charge is 2.31. The second-order valence-electron chi connectivity index (χ2n) is 5.39. The average molecular weight is 318 g/mol. The van der Waals surface area contributed by atoms with Crippen LogP contribution < -0.4 is 10.1 Å². The summed E-state index contributed by atoms with van der Waals surface area (Å²) in [5.41, 5.74) is 0.685. The molecule has 2 rings (SSSR count). The minimum Gasteiger partial charge on any atom is -0.504 e. The highest BCUT2D eigenvalue weighted by Crippen LogP contribution is 2.35. The van der Waals surface area contributed by atoms with E-state index in [1.54, 1.807) is 12.1 Å². The molecule has 0 saturated carbocycles. The van der Waals surface area contributed by atoms with Gasteiger partial charge < -0.3 is 15.2 Å². The molecule has 0 amide bonds. The number of piperazine rings is 1. The molecule has 124 valence electrons.